The van der Waals surface area contributed by atoms with Gasteiger partial charge in [-0.15, -0.1) is 0 Å². The molecule has 6 atom stereocenters. The molecule has 0 aromatic carbocycles. The molecule has 6 unspecified atom stereocenters. The number of hydrogen-bond donors (Lipinski definition) is 2. The zero-order chi connectivity index (χ0) is 15.7. The third-order valence-corrected chi connectivity index (χ3v) is 6.64. The number of hydrogen-bond acceptors (Lipinski definition) is 3. The smallest absolute Gasteiger partial charge is 0.234 e. The molecule has 0 radical (unpaired) electrons. The van der Waals surface area contributed by atoms with Gasteiger partial charge in [0.05, 0.1) is 6.54 Å². The van der Waals surface area contributed by atoms with E-state index in [1.165, 1.54) is 38.5 Å². The number of nitrogens with one attached hydrogen (secondary N) is 1. The van der Waals surface area contributed by atoms with Crippen LogP contribution in [0.2, 0.25) is 0 Å². The molecule has 2 aliphatic carbocycles. The van der Waals surface area contributed by atoms with Crippen molar-refractivity contribution < 1.29 is 4.79 Å². The van der Waals surface area contributed by atoms with Crippen molar-refractivity contribution in [3.05, 3.63) is 0 Å². The molecule has 4 heteroatoms. The van der Waals surface area contributed by atoms with Crippen molar-refractivity contribution in [3.8, 4) is 0 Å². The first kappa shape index (κ1) is 16.3. The van der Waals surface area contributed by atoms with E-state index in [0.29, 0.717) is 37.0 Å². The van der Waals surface area contributed by atoms with Crippen molar-refractivity contribution in [3.63, 3.8) is 0 Å². The molecule has 3 aliphatic rings. The lowest BCUT2D eigenvalue weighted by Gasteiger charge is -2.39. The van der Waals surface area contributed by atoms with Crippen LogP contribution < -0.4 is 11.1 Å². The van der Waals surface area contributed by atoms with Gasteiger partial charge in [0.2, 0.25) is 5.91 Å². The first-order valence-electron chi connectivity index (χ1n) is 9.32. The number of piperidine rings is 1. The Labute approximate surface area is 135 Å². The molecule has 3 rings (SSSR count). The molecule has 2 saturated carbocycles. The van der Waals surface area contributed by atoms with Crippen molar-refractivity contribution in [2.24, 2.45) is 29.4 Å². The van der Waals surface area contributed by atoms with Crippen LogP contribution in [-0.4, -0.2) is 42.5 Å². The number of carbonyl (C=O) groups excluding carboxylic acids is 1. The van der Waals surface area contributed by atoms with Crippen LogP contribution in [0.5, 0.6) is 0 Å². The molecule has 1 amide bonds. The Morgan fingerprint density at radius 2 is 2.14 bits per heavy atom. The fourth-order valence-electron chi connectivity index (χ4n) is 5.41. The van der Waals surface area contributed by atoms with Crippen LogP contribution in [0.1, 0.15) is 52.4 Å². The Morgan fingerprint density at radius 1 is 1.32 bits per heavy atom. The second-order valence-corrected chi connectivity index (χ2v) is 8.09. The van der Waals surface area contributed by atoms with Gasteiger partial charge in [-0.25, -0.2) is 0 Å². The summed E-state index contributed by atoms with van der Waals surface area (Å²) < 4.78 is 0. The molecular formula is C18H33N3O. The molecular weight excluding hydrogens is 274 g/mol. The van der Waals surface area contributed by atoms with Crippen LogP contribution in [-0.2, 0) is 4.79 Å². The van der Waals surface area contributed by atoms with Gasteiger partial charge in [0.1, 0.15) is 0 Å². The highest BCUT2D eigenvalue weighted by Gasteiger charge is 2.42. The number of amides is 1. The van der Waals surface area contributed by atoms with Crippen molar-refractivity contribution in [2.45, 2.75) is 64.5 Å². The molecule has 2 bridgehead atoms. The number of fused-ring (bicyclic) bond motifs is 2. The van der Waals surface area contributed by atoms with E-state index in [0.717, 1.165) is 18.4 Å². The molecule has 3 N–H and O–H groups in total. The van der Waals surface area contributed by atoms with E-state index in [1.54, 1.807) is 0 Å². The molecule has 1 aliphatic heterocycles. The highest BCUT2D eigenvalue weighted by atomic mass is 16.2. The predicted octanol–water partition coefficient (Wildman–Crippen LogP) is 1.99. The summed E-state index contributed by atoms with van der Waals surface area (Å²) in [6.45, 7) is 6.68. The first-order valence-corrected chi connectivity index (χ1v) is 9.32. The average molecular weight is 307 g/mol. The molecule has 126 valence electrons. The minimum atomic E-state index is 0.197. The SMILES string of the molecule is CC1CCCN(CC(=O)NC(C)C2CC3CCC2C3)C1CN. The van der Waals surface area contributed by atoms with E-state index < -0.39 is 0 Å². The largest absolute Gasteiger partial charge is 0.352 e. The maximum absolute atomic E-state index is 12.5. The Hall–Kier alpha value is -0.610. The summed E-state index contributed by atoms with van der Waals surface area (Å²) in [5, 5.41) is 3.29. The van der Waals surface area contributed by atoms with E-state index in [1.807, 2.05) is 0 Å². The van der Waals surface area contributed by atoms with Crippen molar-refractivity contribution in [1.29, 1.82) is 0 Å². The van der Waals surface area contributed by atoms with Gasteiger partial charge in [0.25, 0.3) is 0 Å². The fraction of sp³-hybridized carbons (Fsp3) is 0.944. The summed E-state index contributed by atoms with van der Waals surface area (Å²) in [6.07, 6.45) is 7.97. The zero-order valence-corrected chi connectivity index (χ0v) is 14.3. The summed E-state index contributed by atoms with van der Waals surface area (Å²) >= 11 is 0. The minimum Gasteiger partial charge on any atom is -0.352 e. The monoisotopic (exact) mass is 307 g/mol. The number of likely N-dealkylation sites (tertiary alicyclic amines) is 1. The Bertz CT molecular complexity index is 400. The summed E-state index contributed by atoms with van der Waals surface area (Å²) in [7, 11) is 0. The standard InChI is InChI=1S/C18H33N3O/c1-12-4-3-7-21(17(12)10-19)11-18(22)20-13(2)16-9-14-5-6-15(16)8-14/h12-17H,3-11,19H2,1-2H3,(H,20,22). The number of rotatable bonds is 5. The van der Waals surface area contributed by atoms with Crippen LogP contribution in [0, 0.1) is 23.7 Å². The van der Waals surface area contributed by atoms with Crippen LogP contribution >= 0.6 is 0 Å². The second-order valence-electron chi connectivity index (χ2n) is 8.09. The summed E-state index contributed by atoms with van der Waals surface area (Å²) in [4.78, 5) is 14.8. The highest BCUT2D eigenvalue weighted by Crippen LogP contribution is 2.49. The summed E-state index contributed by atoms with van der Waals surface area (Å²) in [5.41, 5.74) is 5.93. The Kier molecular flexibility index (Phi) is 5.08. The second kappa shape index (κ2) is 6.88. The maximum atomic E-state index is 12.5. The van der Waals surface area contributed by atoms with E-state index in [2.05, 4.69) is 24.1 Å². The zero-order valence-electron chi connectivity index (χ0n) is 14.3. The van der Waals surface area contributed by atoms with E-state index in [9.17, 15) is 4.79 Å². The summed E-state index contributed by atoms with van der Waals surface area (Å²) in [6, 6.07) is 0.707. The van der Waals surface area contributed by atoms with Crippen LogP contribution in [0.25, 0.3) is 0 Å². The van der Waals surface area contributed by atoms with Gasteiger partial charge >= 0.3 is 0 Å². The van der Waals surface area contributed by atoms with Gasteiger partial charge in [-0.2, -0.15) is 0 Å². The first-order chi connectivity index (χ1) is 10.6. The van der Waals surface area contributed by atoms with E-state index >= 15 is 0 Å². The molecule has 3 fully saturated rings. The number of nitrogens with two attached hydrogens (primary N) is 1. The van der Waals surface area contributed by atoms with Crippen molar-refractivity contribution in [2.75, 3.05) is 19.6 Å². The Morgan fingerprint density at radius 3 is 2.77 bits per heavy atom. The van der Waals surface area contributed by atoms with Crippen molar-refractivity contribution in [1.82, 2.24) is 10.2 Å². The van der Waals surface area contributed by atoms with Gasteiger partial charge in [0, 0.05) is 18.6 Å². The van der Waals surface area contributed by atoms with Gasteiger partial charge in [0.15, 0.2) is 0 Å². The lowest BCUT2D eigenvalue weighted by molar-refractivity contribution is -0.124. The molecule has 0 spiro atoms. The maximum Gasteiger partial charge on any atom is 0.234 e. The average Bonchev–Trinajstić information content (AvgIpc) is 3.10. The van der Waals surface area contributed by atoms with Crippen LogP contribution in [0.3, 0.4) is 0 Å². The van der Waals surface area contributed by atoms with Crippen LogP contribution in [0.15, 0.2) is 0 Å². The highest BCUT2D eigenvalue weighted by molar-refractivity contribution is 5.78. The summed E-state index contributed by atoms with van der Waals surface area (Å²) in [5.74, 6) is 3.33. The van der Waals surface area contributed by atoms with E-state index in [-0.39, 0.29) is 5.91 Å². The fourth-order valence-corrected chi connectivity index (χ4v) is 5.41. The normalized spacial score (nSPS) is 39.9. The quantitative estimate of drug-likeness (QED) is 0.816. The number of carbonyl (C=O) groups is 1. The minimum absolute atomic E-state index is 0.197. The predicted molar refractivity (Wildman–Crippen MR) is 89.4 cm³/mol. The van der Waals surface area contributed by atoms with Gasteiger partial charge in [-0.3, -0.25) is 9.69 Å². The lowest BCUT2D eigenvalue weighted by atomic mass is 9.84. The Balaban J connectivity index is 1.49. The van der Waals surface area contributed by atoms with Gasteiger partial charge in [-0.05, 0) is 69.2 Å². The third kappa shape index (κ3) is 3.33. The number of nitrogens with zero attached hydrogens (tertiary/aromatic N) is 1. The molecule has 1 heterocycles. The topological polar surface area (TPSA) is 58.4 Å². The van der Waals surface area contributed by atoms with E-state index in [4.69, 9.17) is 5.73 Å². The van der Waals surface area contributed by atoms with Gasteiger partial charge < -0.3 is 11.1 Å². The molecule has 4 nitrogen and oxygen atoms in total. The lowest BCUT2D eigenvalue weighted by Crippen LogP contribution is -2.53. The third-order valence-electron chi connectivity index (χ3n) is 6.64. The molecule has 0 aromatic rings. The van der Waals surface area contributed by atoms with Crippen LogP contribution in [0.4, 0.5) is 0 Å². The molecule has 22 heavy (non-hydrogen) atoms. The van der Waals surface area contributed by atoms with Crippen molar-refractivity contribution >= 4 is 5.91 Å². The van der Waals surface area contributed by atoms with Gasteiger partial charge in [-0.1, -0.05) is 13.3 Å². The molecule has 1 saturated heterocycles. The molecule has 0 aromatic heterocycles.